The molecular weight excluding hydrogens is 266 g/mol. The van der Waals surface area contributed by atoms with Gasteiger partial charge < -0.3 is 20.1 Å². The monoisotopic (exact) mass is 293 g/mol. The molecule has 0 fully saturated rings. The molecule has 0 radical (unpaired) electrons. The SMILES string of the molecule is CCCCNC(=NC)NCCc1ccc(OC)c(OC)c1. The van der Waals surface area contributed by atoms with Crippen molar-refractivity contribution in [3.63, 3.8) is 0 Å². The molecular formula is C16H27N3O2. The standard InChI is InChI=1S/C16H27N3O2/c1-5-6-10-18-16(17-2)19-11-9-13-7-8-14(20-3)15(12-13)21-4/h7-8,12H,5-6,9-11H2,1-4H3,(H2,17,18,19). The Bertz CT molecular complexity index is 447. The number of guanidine groups is 1. The molecule has 0 amide bonds. The first-order valence-corrected chi connectivity index (χ1v) is 7.40. The van der Waals surface area contributed by atoms with E-state index < -0.39 is 0 Å². The van der Waals surface area contributed by atoms with Crippen molar-refractivity contribution in [2.24, 2.45) is 4.99 Å². The third-order valence-corrected chi connectivity index (χ3v) is 3.20. The minimum atomic E-state index is 0.756. The van der Waals surface area contributed by atoms with E-state index in [1.54, 1.807) is 21.3 Å². The maximum absolute atomic E-state index is 5.31. The molecule has 0 saturated heterocycles. The second kappa shape index (κ2) is 9.91. The van der Waals surface area contributed by atoms with Crippen molar-refractivity contribution in [2.75, 3.05) is 34.4 Å². The molecule has 118 valence electrons. The lowest BCUT2D eigenvalue weighted by atomic mass is 10.1. The van der Waals surface area contributed by atoms with Gasteiger partial charge in [0.2, 0.25) is 0 Å². The first-order chi connectivity index (χ1) is 10.2. The molecule has 21 heavy (non-hydrogen) atoms. The van der Waals surface area contributed by atoms with Gasteiger partial charge in [-0.25, -0.2) is 0 Å². The van der Waals surface area contributed by atoms with Crippen LogP contribution in [0.15, 0.2) is 23.2 Å². The molecule has 1 aromatic rings. The number of unbranched alkanes of at least 4 members (excludes halogenated alkanes) is 1. The smallest absolute Gasteiger partial charge is 0.190 e. The van der Waals surface area contributed by atoms with Crippen LogP contribution in [0.4, 0.5) is 0 Å². The summed E-state index contributed by atoms with van der Waals surface area (Å²) in [6.07, 6.45) is 3.22. The van der Waals surface area contributed by atoms with Gasteiger partial charge in [0, 0.05) is 20.1 Å². The van der Waals surface area contributed by atoms with Crippen molar-refractivity contribution < 1.29 is 9.47 Å². The second-order valence-electron chi connectivity index (χ2n) is 4.72. The molecule has 1 rings (SSSR count). The van der Waals surface area contributed by atoms with Gasteiger partial charge in [-0.15, -0.1) is 0 Å². The van der Waals surface area contributed by atoms with Gasteiger partial charge >= 0.3 is 0 Å². The summed E-state index contributed by atoms with van der Waals surface area (Å²) < 4.78 is 10.5. The topological polar surface area (TPSA) is 54.9 Å². The minimum absolute atomic E-state index is 0.756. The zero-order valence-corrected chi connectivity index (χ0v) is 13.5. The second-order valence-corrected chi connectivity index (χ2v) is 4.72. The molecule has 2 N–H and O–H groups in total. The molecule has 0 aromatic heterocycles. The van der Waals surface area contributed by atoms with Crippen molar-refractivity contribution in [2.45, 2.75) is 26.2 Å². The van der Waals surface area contributed by atoms with Crippen LogP contribution >= 0.6 is 0 Å². The van der Waals surface area contributed by atoms with Crippen LogP contribution in [0.2, 0.25) is 0 Å². The molecule has 1 aromatic carbocycles. The average molecular weight is 293 g/mol. The van der Waals surface area contributed by atoms with Crippen molar-refractivity contribution in [1.82, 2.24) is 10.6 Å². The zero-order valence-electron chi connectivity index (χ0n) is 13.5. The van der Waals surface area contributed by atoms with Crippen LogP contribution < -0.4 is 20.1 Å². The lowest BCUT2D eigenvalue weighted by molar-refractivity contribution is 0.354. The molecule has 0 heterocycles. The maximum Gasteiger partial charge on any atom is 0.190 e. The number of nitrogens with one attached hydrogen (secondary N) is 2. The number of hydrogen-bond donors (Lipinski definition) is 2. The van der Waals surface area contributed by atoms with Crippen molar-refractivity contribution in [3.8, 4) is 11.5 Å². The number of ether oxygens (including phenoxy) is 2. The van der Waals surface area contributed by atoms with Gasteiger partial charge in [-0.3, -0.25) is 4.99 Å². The van der Waals surface area contributed by atoms with Gasteiger partial charge in [-0.2, -0.15) is 0 Å². The molecule has 0 aliphatic heterocycles. The van der Waals surface area contributed by atoms with E-state index >= 15 is 0 Å². The largest absolute Gasteiger partial charge is 0.493 e. The zero-order chi connectivity index (χ0) is 15.5. The molecule has 0 unspecified atom stereocenters. The van der Waals surface area contributed by atoms with Gasteiger partial charge in [0.05, 0.1) is 14.2 Å². The maximum atomic E-state index is 5.31. The normalized spacial score (nSPS) is 11.1. The van der Waals surface area contributed by atoms with E-state index in [9.17, 15) is 0 Å². The number of benzene rings is 1. The Morgan fingerprint density at radius 1 is 1.10 bits per heavy atom. The Labute approximate surface area is 127 Å². The lowest BCUT2D eigenvalue weighted by Gasteiger charge is -2.12. The molecule has 0 spiro atoms. The summed E-state index contributed by atoms with van der Waals surface area (Å²) in [5.41, 5.74) is 1.20. The quantitative estimate of drug-likeness (QED) is 0.438. The molecule has 5 heteroatoms. The Kier molecular flexibility index (Phi) is 8.09. The van der Waals surface area contributed by atoms with Gasteiger partial charge in [-0.05, 0) is 30.5 Å². The Balaban J connectivity index is 2.44. The van der Waals surface area contributed by atoms with Crippen LogP contribution in [-0.4, -0.2) is 40.3 Å². The molecule has 0 aliphatic rings. The van der Waals surface area contributed by atoms with Gasteiger partial charge in [0.25, 0.3) is 0 Å². The van der Waals surface area contributed by atoms with Crippen LogP contribution in [-0.2, 0) is 6.42 Å². The first-order valence-electron chi connectivity index (χ1n) is 7.40. The predicted molar refractivity (Wildman–Crippen MR) is 87.5 cm³/mol. The summed E-state index contributed by atoms with van der Waals surface area (Å²) in [5.74, 6) is 2.37. The number of rotatable bonds is 8. The molecule has 0 bridgehead atoms. The van der Waals surface area contributed by atoms with Gasteiger partial charge in [-0.1, -0.05) is 19.4 Å². The number of methoxy groups -OCH3 is 2. The highest BCUT2D eigenvalue weighted by Gasteiger charge is 2.04. The van der Waals surface area contributed by atoms with E-state index in [4.69, 9.17) is 9.47 Å². The lowest BCUT2D eigenvalue weighted by Crippen LogP contribution is -2.38. The first kappa shape index (κ1) is 17.1. The third-order valence-electron chi connectivity index (χ3n) is 3.20. The summed E-state index contributed by atoms with van der Waals surface area (Å²) in [6, 6.07) is 5.99. The van der Waals surface area contributed by atoms with Gasteiger partial charge in [0.15, 0.2) is 17.5 Å². The molecule has 0 aliphatic carbocycles. The summed E-state index contributed by atoms with van der Waals surface area (Å²) in [5, 5.41) is 6.60. The summed E-state index contributed by atoms with van der Waals surface area (Å²) in [6.45, 7) is 3.95. The van der Waals surface area contributed by atoms with Crippen molar-refractivity contribution in [3.05, 3.63) is 23.8 Å². The fourth-order valence-corrected chi connectivity index (χ4v) is 1.97. The van der Waals surface area contributed by atoms with Crippen LogP contribution in [0, 0.1) is 0 Å². The van der Waals surface area contributed by atoms with E-state index in [1.165, 1.54) is 12.0 Å². The number of aliphatic imine (C=N–C) groups is 1. The molecule has 5 nitrogen and oxygen atoms in total. The van der Waals surface area contributed by atoms with E-state index in [0.717, 1.165) is 43.4 Å². The van der Waals surface area contributed by atoms with E-state index in [-0.39, 0.29) is 0 Å². The Morgan fingerprint density at radius 3 is 2.43 bits per heavy atom. The molecule has 0 saturated carbocycles. The summed E-state index contributed by atoms with van der Waals surface area (Å²) in [7, 11) is 5.09. The fourth-order valence-electron chi connectivity index (χ4n) is 1.97. The van der Waals surface area contributed by atoms with Gasteiger partial charge in [0.1, 0.15) is 0 Å². The average Bonchev–Trinajstić information content (AvgIpc) is 2.53. The van der Waals surface area contributed by atoms with Crippen molar-refractivity contribution >= 4 is 5.96 Å². The highest BCUT2D eigenvalue weighted by Crippen LogP contribution is 2.27. The van der Waals surface area contributed by atoms with Crippen LogP contribution in [0.5, 0.6) is 11.5 Å². The summed E-state index contributed by atoms with van der Waals surface area (Å²) >= 11 is 0. The highest BCUT2D eigenvalue weighted by molar-refractivity contribution is 5.79. The minimum Gasteiger partial charge on any atom is -0.493 e. The summed E-state index contributed by atoms with van der Waals surface area (Å²) in [4.78, 5) is 4.20. The highest BCUT2D eigenvalue weighted by atomic mass is 16.5. The third kappa shape index (κ3) is 5.94. The van der Waals surface area contributed by atoms with Crippen LogP contribution in [0.25, 0.3) is 0 Å². The predicted octanol–water partition coefficient (Wildman–Crippen LogP) is 2.21. The Morgan fingerprint density at radius 2 is 1.81 bits per heavy atom. The van der Waals surface area contributed by atoms with Crippen LogP contribution in [0.1, 0.15) is 25.3 Å². The van der Waals surface area contributed by atoms with E-state index in [1.807, 2.05) is 12.1 Å². The van der Waals surface area contributed by atoms with Crippen molar-refractivity contribution in [1.29, 1.82) is 0 Å². The van der Waals surface area contributed by atoms with E-state index in [2.05, 4.69) is 28.6 Å². The van der Waals surface area contributed by atoms with Crippen LogP contribution in [0.3, 0.4) is 0 Å². The number of nitrogens with zero attached hydrogens (tertiary/aromatic N) is 1. The Hall–Kier alpha value is -1.91. The molecule has 0 atom stereocenters. The number of hydrogen-bond acceptors (Lipinski definition) is 3. The fraction of sp³-hybridized carbons (Fsp3) is 0.562. The van der Waals surface area contributed by atoms with E-state index in [0.29, 0.717) is 0 Å².